The van der Waals surface area contributed by atoms with E-state index >= 15 is 0 Å². The van der Waals surface area contributed by atoms with E-state index in [4.69, 9.17) is 0 Å². The monoisotopic (exact) mass is 453 g/mol. The number of hydrogen-bond donors (Lipinski definition) is 1. The van der Waals surface area contributed by atoms with Gasteiger partial charge in [0, 0.05) is 22.7 Å². The maximum absolute atomic E-state index is 13.2. The van der Waals surface area contributed by atoms with Gasteiger partial charge in [-0.15, -0.1) is 22.7 Å². The van der Waals surface area contributed by atoms with E-state index < -0.39 is 0 Å². The summed E-state index contributed by atoms with van der Waals surface area (Å²) in [7, 11) is 0. The van der Waals surface area contributed by atoms with Gasteiger partial charge in [0.25, 0.3) is 0 Å². The van der Waals surface area contributed by atoms with E-state index in [9.17, 15) is 4.79 Å². The van der Waals surface area contributed by atoms with Gasteiger partial charge in [-0.2, -0.15) is 0 Å². The minimum absolute atomic E-state index is 0.0748. The second-order valence-electron chi connectivity index (χ2n) is 8.69. The molecule has 3 heterocycles. The topological polar surface area (TPSA) is 45.2 Å². The van der Waals surface area contributed by atoms with Gasteiger partial charge in [0.15, 0.2) is 0 Å². The quantitative estimate of drug-likeness (QED) is 0.495. The summed E-state index contributed by atoms with van der Waals surface area (Å²) in [5.41, 5.74) is 3.62. The first kappa shape index (κ1) is 22.2. The summed E-state index contributed by atoms with van der Waals surface area (Å²) in [5.74, 6) is 0.753. The lowest BCUT2D eigenvalue weighted by Crippen LogP contribution is -2.41. The second-order valence-corrected chi connectivity index (χ2v) is 10.7. The largest absolute Gasteiger partial charge is 0.344 e. The number of likely N-dealkylation sites (tertiary alicyclic amines) is 1. The summed E-state index contributed by atoms with van der Waals surface area (Å²) in [6.07, 6.45) is 1.80. The molecule has 1 saturated heterocycles. The zero-order chi connectivity index (χ0) is 21.8. The Morgan fingerprint density at radius 3 is 2.42 bits per heavy atom. The van der Waals surface area contributed by atoms with E-state index in [2.05, 4.69) is 76.2 Å². The number of piperidine rings is 1. The number of carbonyl (C=O) groups excluding carboxylic acids is 1. The molecule has 3 aromatic rings. The number of nitrogens with zero attached hydrogens (tertiary/aromatic N) is 2. The van der Waals surface area contributed by atoms with Gasteiger partial charge in [0.05, 0.1) is 16.7 Å². The average Bonchev–Trinajstić information content (AvgIpc) is 3.44. The van der Waals surface area contributed by atoms with Gasteiger partial charge in [-0.1, -0.05) is 44.2 Å². The van der Waals surface area contributed by atoms with Gasteiger partial charge in [-0.05, 0) is 61.3 Å². The Hall–Kier alpha value is -2.02. The molecular weight excluding hydrogens is 422 g/mol. The van der Waals surface area contributed by atoms with Crippen LogP contribution in [0.2, 0.25) is 0 Å². The molecule has 164 valence electrons. The van der Waals surface area contributed by atoms with Crippen molar-refractivity contribution in [1.29, 1.82) is 0 Å². The molecule has 1 unspecified atom stereocenters. The van der Waals surface area contributed by atoms with Crippen LogP contribution >= 0.6 is 22.7 Å². The van der Waals surface area contributed by atoms with Gasteiger partial charge >= 0.3 is 0 Å². The summed E-state index contributed by atoms with van der Waals surface area (Å²) in [6.45, 7) is 9.23. The molecule has 4 rings (SSSR count). The molecule has 1 N–H and O–H groups in total. The van der Waals surface area contributed by atoms with E-state index in [0.29, 0.717) is 5.92 Å². The molecule has 0 aliphatic carbocycles. The van der Waals surface area contributed by atoms with E-state index in [-0.39, 0.29) is 17.9 Å². The predicted octanol–water partition coefficient (Wildman–Crippen LogP) is 5.75. The van der Waals surface area contributed by atoms with Crippen molar-refractivity contribution < 1.29 is 4.79 Å². The van der Waals surface area contributed by atoms with Crippen molar-refractivity contribution in [3.63, 3.8) is 0 Å². The van der Waals surface area contributed by atoms with Crippen molar-refractivity contribution in [3.05, 3.63) is 73.9 Å². The van der Waals surface area contributed by atoms with Crippen LogP contribution in [0.3, 0.4) is 0 Å². The second kappa shape index (κ2) is 10.1. The zero-order valence-corrected chi connectivity index (χ0v) is 20.1. The van der Waals surface area contributed by atoms with Crippen LogP contribution in [0.4, 0.5) is 0 Å². The standard InChI is InChI=1S/C25H31N3OS2/c1-17(2)19-6-8-20(9-7-19)24(23-5-4-14-30-23)27-25(29)21-10-12-28(13-11-21)15-22-16-31-18(3)26-22/h4-9,14,16-17,21,24H,10-13,15H2,1-3H3,(H,27,29). The molecule has 0 bridgehead atoms. The fourth-order valence-corrected chi connectivity index (χ4v) is 5.58. The number of amides is 1. The highest BCUT2D eigenvalue weighted by Gasteiger charge is 2.28. The normalized spacial score (nSPS) is 16.5. The minimum Gasteiger partial charge on any atom is -0.344 e. The molecule has 1 aliphatic rings. The Morgan fingerprint density at radius 2 is 1.84 bits per heavy atom. The molecule has 6 heteroatoms. The molecule has 2 aromatic heterocycles. The van der Waals surface area contributed by atoms with Crippen LogP contribution in [0.5, 0.6) is 0 Å². The van der Waals surface area contributed by atoms with Crippen LogP contribution < -0.4 is 5.32 Å². The van der Waals surface area contributed by atoms with Gasteiger partial charge in [0.2, 0.25) is 5.91 Å². The molecule has 1 amide bonds. The number of benzene rings is 1. The summed E-state index contributed by atoms with van der Waals surface area (Å²) < 4.78 is 0. The third-order valence-corrected chi connectivity index (χ3v) is 7.82. The predicted molar refractivity (Wildman–Crippen MR) is 130 cm³/mol. The van der Waals surface area contributed by atoms with Crippen molar-refractivity contribution in [1.82, 2.24) is 15.2 Å². The highest BCUT2D eigenvalue weighted by molar-refractivity contribution is 7.10. The molecule has 0 saturated carbocycles. The van der Waals surface area contributed by atoms with Gasteiger partial charge < -0.3 is 5.32 Å². The first-order valence-electron chi connectivity index (χ1n) is 11.1. The van der Waals surface area contributed by atoms with Crippen LogP contribution in [0.25, 0.3) is 0 Å². The Kier molecular flexibility index (Phi) is 7.20. The highest BCUT2D eigenvalue weighted by atomic mass is 32.1. The molecule has 4 nitrogen and oxygen atoms in total. The SMILES string of the molecule is Cc1nc(CN2CCC(C(=O)NC(c3ccc(C(C)C)cc3)c3cccs3)CC2)cs1. The fraction of sp³-hybridized carbons (Fsp3) is 0.440. The number of thiophene rings is 1. The smallest absolute Gasteiger partial charge is 0.223 e. The maximum atomic E-state index is 13.2. The van der Waals surface area contributed by atoms with Crippen molar-refractivity contribution in [2.75, 3.05) is 13.1 Å². The van der Waals surface area contributed by atoms with E-state index in [1.165, 1.54) is 10.4 Å². The van der Waals surface area contributed by atoms with E-state index in [0.717, 1.165) is 48.7 Å². The zero-order valence-electron chi connectivity index (χ0n) is 18.5. The summed E-state index contributed by atoms with van der Waals surface area (Å²) in [6, 6.07) is 12.8. The first-order valence-corrected chi connectivity index (χ1v) is 12.8. The highest BCUT2D eigenvalue weighted by Crippen LogP contribution is 2.29. The minimum atomic E-state index is -0.0790. The van der Waals surface area contributed by atoms with Crippen LogP contribution in [0.1, 0.15) is 65.4 Å². The molecule has 31 heavy (non-hydrogen) atoms. The Balaban J connectivity index is 1.39. The molecule has 1 aliphatic heterocycles. The Morgan fingerprint density at radius 1 is 1.13 bits per heavy atom. The number of thiazole rings is 1. The van der Waals surface area contributed by atoms with E-state index in [1.807, 2.05) is 6.92 Å². The summed E-state index contributed by atoms with van der Waals surface area (Å²) in [4.78, 5) is 21.4. The molecule has 1 fully saturated rings. The van der Waals surface area contributed by atoms with Gasteiger partial charge in [-0.3, -0.25) is 9.69 Å². The maximum Gasteiger partial charge on any atom is 0.223 e. The average molecular weight is 454 g/mol. The van der Waals surface area contributed by atoms with Crippen molar-refractivity contribution >= 4 is 28.6 Å². The number of aromatic nitrogens is 1. The Bertz CT molecular complexity index is 971. The molecule has 1 atom stereocenters. The summed E-state index contributed by atoms with van der Waals surface area (Å²) in [5, 5.41) is 8.70. The number of rotatable bonds is 7. The van der Waals surface area contributed by atoms with Crippen molar-refractivity contribution in [3.8, 4) is 0 Å². The van der Waals surface area contributed by atoms with Gasteiger partial charge in [-0.25, -0.2) is 4.98 Å². The number of nitrogens with one attached hydrogen (secondary N) is 1. The van der Waals surface area contributed by atoms with Crippen LogP contribution in [0, 0.1) is 12.8 Å². The first-order chi connectivity index (χ1) is 15.0. The Labute approximate surface area is 193 Å². The molecule has 0 radical (unpaired) electrons. The molecular formula is C25H31N3OS2. The number of carbonyl (C=O) groups is 1. The third kappa shape index (κ3) is 5.62. The van der Waals surface area contributed by atoms with Crippen molar-refractivity contribution in [2.45, 2.75) is 52.1 Å². The van der Waals surface area contributed by atoms with E-state index in [1.54, 1.807) is 22.7 Å². The molecule has 0 spiro atoms. The van der Waals surface area contributed by atoms with Crippen molar-refractivity contribution in [2.24, 2.45) is 5.92 Å². The molecule has 1 aromatic carbocycles. The third-order valence-electron chi connectivity index (χ3n) is 6.06. The lowest BCUT2D eigenvalue weighted by atomic mass is 9.94. The van der Waals surface area contributed by atoms with Crippen LogP contribution in [-0.4, -0.2) is 28.9 Å². The lowest BCUT2D eigenvalue weighted by molar-refractivity contribution is -0.127. The van der Waals surface area contributed by atoms with Crippen LogP contribution in [-0.2, 0) is 11.3 Å². The van der Waals surface area contributed by atoms with Crippen LogP contribution in [0.15, 0.2) is 47.2 Å². The fourth-order valence-electron chi connectivity index (χ4n) is 4.17. The number of hydrogen-bond acceptors (Lipinski definition) is 5. The number of aryl methyl sites for hydroxylation is 1. The summed E-state index contributed by atoms with van der Waals surface area (Å²) >= 11 is 3.40. The lowest BCUT2D eigenvalue weighted by Gasteiger charge is -2.31. The van der Waals surface area contributed by atoms with Gasteiger partial charge in [0.1, 0.15) is 0 Å².